The van der Waals surface area contributed by atoms with Gasteiger partial charge >= 0.3 is 5.97 Å². The van der Waals surface area contributed by atoms with E-state index in [1.54, 1.807) is 11.8 Å². The van der Waals surface area contributed by atoms with Crippen molar-refractivity contribution in [2.75, 3.05) is 23.8 Å². The Bertz CT molecular complexity index is 412. The average molecular weight is 297 g/mol. The van der Waals surface area contributed by atoms with E-state index in [0.717, 1.165) is 23.6 Å². The molecule has 0 heterocycles. The summed E-state index contributed by atoms with van der Waals surface area (Å²) in [6, 6.07) is 7.32. The van der Waals surface area contributed by atoms with Gasteiger partial charge in [0.1, 0.15) is 11.4 Å². The summed E-state index contributed by atoms with van der Waals surface area (Å²) < 4.78 is 10.8. The maximum absolute atomic E-state index is 11.5. The van der Waals surface area contributed by atoms with Crippen molar-refractivity contribution in [3.8, 4) is 5.75 Å². The van der Waals surface area contributed by atoms with E-state index < -0.39 is 5.60 Å². The monoisotopic (exact) mass is 297 g/mol. The molecule has 0 spiro atoms. The number of nitrogen functional groups attached to an aromatic ring is 1. The summed E-state index contributed by atoms with van der Waals surface area (Å²) in [6.07, 6.45) is 0.887. The summed E-state index contributed by atoms with van der Waals surface area (Å²) in [7, 11) is 0. The molecule has 112 valence electrons. The topological polar surface area (TPSA) is 61.5 Å². The molecule has 1 aromatic carbocycles. The van der Waals surface area contributed by atoms with Crippen LogP contribution < -0.4 is 10.5 Å². The smallest absolute Gasteiger partial charge is 0.316 e. The van der Waals surface area contributed by atoms with Gasteiger partial charge in [-0.05, 0) is 57.2 Å². The van der Waals surface area contributed by atoms with Crippen LogP contribution in [0.1, 0.15) is 27.2 Å². The Kier molecular flexibility index (Phi) is 6.71. The Balaban J connectivity index is 2.05. The highest BCUT2D eigenvalue weighted by Gasteiger charge is 2.15. The molecule has 0 unspecified atom stereocenters. The lowest BCUT2D eigenvalue weighted by Gasteiger charge is -2.19. The Morgan fingerprint density at radius 1 is 1.25 bits per heavy atom. The lowest BCUT2D eigenvalue weighted by Crippen LogP contribution is -2.25. The number of benzene rings is 1. The summed E-state index contributed by atoms with van der Waals surface area (Å²) in [5, 5.41) is 0. The van der Waals surface area contributed by atoms with Gasteiger partial charge in [-0.3, -0.25) is 4.79 Å². The first kappa shape index (κ1) is 16.7. The molecular weight excluding hydrogens is 274 g/mol. The molecule has 0 bridgehead atoms. The van der Waals surface area contributed by atoms with Crippen LogP contribution in [0, 0.1) is 0 Å². The van der Waals surface area contributed by atoms with Crippen molar-refractivity contribution in [3.05, 3.63) is 24.3 Å². The van der Waals surface area contributed by atoms with Gasteiger partial charge in [0, 0.05) is 5.69 Å². The van der Waals surface area contributed by atoms with Crippen LogP contribution in [0.3, 0.4) is 0 Å². The van der Waals surface area contributed by atoms with Crippen molar-refractivity contribution in [2.45, 2.75) is 32.8 Å². The number of esters is 1. The summed E-state index contributed by atoms with van der Waals surface area (Å²) in [6.45, 7) is 6.24. The van der Waals surface area contributed by atoms with E-state index >= 15 is 0 Å². The van der Waals surface area contributed by atoms with Crippen LogP contribution in [0.5, 0.6) is 5.75 Å². The third-order valence-electron chi connectivity index (χ3n) is 2.22. The van der Waals surface area contributed by atoms with E-state index in [0.29, 0.717) is 12.4 Å². The van der Waals surface area contributed by atoms with Crippen LogP contribution in [0.2, 0.25) is 0 Å². The summed E-state index contributed by atoms with van der Waals surface area (Å²) in [4.78, 5) is 11.5. The van der Waals surface area contributed by atoms with Gasteiger partial charge < -0.3 is 15.2 Å². The zero-order valence-corrected chi connectivity index (χ0v) is 13.2. The molecule has 0 aliphatic rings. The highest BCUT2D eigenvalue weighted by molar-refractivity contribution is 7.99. The highest BCUT2D eigenvalue weighted by atomic mass is 32.2. The maximum Gasteiger partial charge on any atom is 0.316 e. The molecule has 0 saturated carbocycles. The van der Waals surface area contributed by atoms with E-state index in [1.807, 2.05) is 45.0 Å². The van der Waals surface area contributed by atoms with Crippen molar-refractivity contribution in [1.29, 1.82) is 0 Å². The van der Waals surface area contributed by atoms with Crippen molar-refractivity contribution in [2.24, 2.45) is 0 Å². The summed E-state index contributed by atoms with van der Waals surface area (Å²) in [5.41, 5.74) is 5.91. The van der Waals surface area contributed by atoms with Crippen LogP contribution >= 0.6 is 11.8 Å². The molecule has 0 aliphatic heterocycles. The first-order valence-corrected chi connectivity index (χ1v) is 7.80. The second kappa shape index (κ2) is 8.04. The van der Waals surface area contributed by atoms with E-state index in [4.69, 9.17) is 15.2 Å². The van der Waals surface area contributed by atoms with Crippen molar-refractivity contribution in [3.63, 3.8) is 0 Å². The number of anilines is 1. The number of nitrogens with two attached hydrogens (primary N) is 1. The Morgan fingerprint density at radius 3 is 2.50 bits per heavy atom. The number of hydrogen-bond donors (Lipinski definition) is 1. The van der Waals surface area contributed by atoms with Gasteiger partial charge in [-0.2, -0.15) is 11.8 Å². The minimum absolute atomic E-state index is 0.165. The molecule has 20 heavy (non-hydrogen) atoms. The molecule has 0 atom stereocenters. The second-order valence-electron chi connectivity index (χ2n) is 5.41. The molecular formula is C15H23NO3S. The molecule has 5 heteroatoms. The molecule has 4 nitrogen and oxygen atoms in total. The normalized spacial score (nSPS) is 11.2. The summed E-state index contributed by atoms with van der Waals surface area (Å²) in [5.74, 6) is 1.91. The fraction of sp³-hybridized carbons (Fsp3) is 0.533. The Morgan fingerprint density at radius 2 is 1.90 bits per heavy atom. The average Bonchev–Trinajstić information content (AvgIpc) is 2.33. The molecule has 0 fully saturated rings. The summed E-state index contributed by atoms with van der Waals surface area (Å²) >= 11 is 1.57. The number of ether oxygens (including phenoxy) is 2. The zero-order chi connectivity index (χ0) is 15.0. The fourth-order valence-electron chi connectivity index (χ4n) is 1.44. The van der Waals surface area contributed by atoms with E-state index in [1.165, 1.54) is 0 Å². The van der Waals surface area contributed by atoms with Crippen LogP contribution in [0.15, 0.2) is 24.3 Å². The van der Waals surface area contributed by atoms with Gasteiger partial charge in [-0.15, -0.1) is 0 Å². The maximum atomic E-state index is 11.5. The van der Waals surface area contributed by atoms with E-state index in [-0.39, 0.29) is 5.97 Å². The number of carbonyl (C=O) groups is 1. The predicted molar refractivity (Wildman–Crippen MR) is 84.1 cm³/mol. The lowest BCUT2D eigenvalue weighted by atomic mass is 10.2. The van der Waals surface area contributed by atoms with Gasteiger partial charge in [-0.25, -0.2) is 0 Å². The van der Waals surface area contributed by atoms with Gasteiger partial charge in [0.2, 0.25) is 0 Å². The highest BCUT2D eigenvalue weighted by Crippen LogP contribution is 2.14. The molecule has 0 aliphatic carbocycles. The van der Waals surface area contributed by atoms with Crippen LogP contribution in [0.25, 0.3) is 0 Å². The van der Waals surface area contributed by atoms with Crippen molar-refractivity contribution in [1.82, 2.24) is 0 Å². The molecule has 0 saturated heterocycles. The van der Waals surface area contributed by atoms with Crippen LogP contribution in [-0.2, 0) is 9.53 Å². The lowest BCUT2D eigenvalue weighted by molar-refractivity contribution is -0.151. The third-order valence-corrected chi connectivity index (χ3v) is 3.24. The van der Waals surface area contributed by atoms with Gasteiger partial charge in [-0.1, -0.05) is 0 Å². The van der Waals surface area contributed by atoms with Crippen LogP contribution in [0.4, 0.5) is 5.69 Å². The molecule has 0 radical (unpaired) electrons. The number of hydrogen-bond acceptors (Lipinski definition) is 5. The van der Waals surface area contributed by atoms with Gasteiger partial charge in [0.15, 0.2) is 0 Å². The minimum atomic E-state index is -0.407. The number of carbonyl (C=O) groups excluding carboxylic acids is 1. The quantitative estimate of drug-likeness (QED) is 0.476. The molecule has 0 amide bonds. The third kappa shape index (κ3) is 7.94. The molecule has 1 rings (SSSR count). The van der Waals surface area contributed by atoms with Gasteiger partial charge in [0.25, 0.3) is 0 Å². The standard InChI is InChI=1S/C15H23NO3S/c1-15(2,3)19-14(17)11-20-10-4-9-18-13-7-5-12(16)6-8-13/h5-8H,4,9-11,16H2,1-3H3. The first-order valence-electron chi connectivity index (χ1n) is 6.65. The van der Waals surface area contributed by atoms with E-state index in [2.05, 4.69) is 0 Å². The largest absolute Gasteiger partial charge is 0.494 e. The predicted octanol–water partition coefficient (Wildman–Crippen LogP) is 3.11. The SMILES string of the molecule is CC(C)(C)OC(=O)CSCCCOc1ccc(N)cc1. The van der Waals surface area contributed by atoms with Crippen molar-refractivity contribution >= 4 is 23.4 Å². The zero-order valence-electron chi connectivity index (χ0n) is 12.3. The molecule has 0 aromatic heterocycles. The van der Waals surface area contributed by atoms with Crippen molar-refractivity contribution < 1.29 is 14.3 Å². The van der Waals surface area contributed by atoms with Crippen LogP contribution in [-0.4, -0.2) is 29.7 Å². The first-order chi connectivity index (χ1) is 9.37. The minimum Gasteiger partial charge on any atom is -0.494 e. The second-order valence-corrected chi connectivity index (χ2v) is 6.52. The Hall–Kier alpha value is -1.36. The molecule has 2 N–H and O–H groups in total. The Labute approximate surface area is 125 Å². The number of thioether (sulfide) groups is 1. The van der Waals surface area contributed by atoms with E-state index in [9.17, 15) is 4.79 Å². The fourth-order valence-corrected chi connectivity index (χ4v) is 2.13. The van der Waals surface area contributed by atoms with Gasteiger partial charge in [0.05, 0.1) is 12.4 Å². The number of rotatable bonds is 7. The molecule has 1 aromatic rings.